The number of aryl methyl sites for hydroxylation is 2. The van der Waals surface area contributed by atoms with Crippen LogP contribution in [0, 0.1) is 19.7 Å². The van der Waals surface area contributed by atoms with Crippen LogP contribution in [0.3, 0.4) is 0 Å². The zero-order valence-electron chi connectivity index (χ0n) is 15.9. The summed E-state index contributed by atoms with van der Waals surface area (Å²) in [7, 11) is 0. The third-order valence-corrected chi connectivity index (χ3v) is 4.69. The Morgan fingerprint density at radius 2 is 1.72 bits per heavy atom. The van der Waals surface area contributed by atoms with E-state index in [2.05, 4.69) is 0 Å². The summed E-state index contributed by atoms with van der Waals surface area (Å²) in [6, 6.07) is 16.1. The number of fused-ring (bicyclic) bond motifs is 1. The van der Waals surface area contributed by atoms with Gasteiger partial charge in [-0.25, -0.2) is 9.18 Å². The van der Waals surface area contributed by atoms with Crippen molar-refractivity contribution in [3.05, 3.63) is 100 Å². The first-order valence-electron chi connectivity index (χ1n) is 9.04. The number of Topliss-reactive ketones (excluding diaryl/α,β-unsaturated/α-hetero) is 1. The van der Waals surface area contributed by atoms with Crippen molar-refractivity contribution in [2.24, 2.45) is 0 Å². The maximum Gasteiger partial charge on any atom is 0.343 e. The standard InChI is InChI=1S/C24H17FO4/c1-14-5-3-4-6-19(14)24(27)28-18-11-15(2)22-20(13-18)29-21(23(22)26)12-16-7-9-17(25)10-8-16/h3-13H,1-2H3/b21-12-. The number of hydrogen-bond donors (Lipinski definition) is 0. The highest BCUT2D eigenvalue weighted by atomic mass is 19.1. The number of carbonyl (C=O) groups excluding carboxylic acids is 2. The second-order valence-corrected chi connectivity index (χ2v) is 6.81. The van der Waals surface area contributed by atoms with Crippen LogP contribution in [0.25, 0.3) is 6.08 Å². The number of carbonyl (C=O) groups is 2. The second kappa shape index (κ2) is 7.36. The van der Waals surface area contributed by atoms with E-state index in [1.165, 1.54) is 18.2 Å². The van der Waals surface area contributed by atoms with Crippen molar-refractivity contribution < 1.29 is 23.5 Å². The Labute approximate surface area is 167 Å². The molecule has 5 heteroatoms. The number of ketones is 1. The van der Waals surface area contributed by atoms with Crippen molar-refractivity contribution >= 4 is 17.8 Å². The molecule has 3 aromatic rings. The summed E-state index contributed by atoms with van der Waals surface area (Å²) in [4.78, 5) is 25.2. The molecule has 0 aliphatic carbocycles. The van der Waals surface area contributed by atoms with Crippen LogP contribution < -0.4 is 9.47 Å². The van der Waals surface area contributed by atoms with E-state index in [1.54, 1.807) is 43.3 Å². The van der Waals surface area contributed by atoms with E-state index in [-0.39, 0.29) is 17.4 Å². The van der Waals surface area contributed by atoms with Gasteiger partial charge in [-0.1, -0.05) is 30.3 Å². The van der Waals surface area contributed by atoms with E-state index in [0.717, 1.165) is 5.56 Å². The van der Waals surface area contributed by atoms with Gasteiger partial charge in [-0.2, -0.15) is 0 Å². The smallest absolute Gasteiger partial charge is 0.343 e. The lowest BCUT2D eigenvalue weighted by Crippen LogP contribution is -2.10. The van der Waals surface area contributed by atoms with Gasteiger partial charge in [0.15, 0.2) is 5.76 Å². The molecule has 144 valence electrons. The molecule has 29 heavy (non-hydrogen) atoms. The average molecular weight is 388 g/mol. The van der Waals surface area contributed by atoms with Crippen LogP contribution in [0.4, 0.5) is 4.39 Å². The molecule has 1 aliphatic rings. The largest absolute Gasteiger partial charge is 0.452 e. The van der Waals surface area contributed by atoms with Crippen molar-refractivity contribution in [1.82, 2.24) is 0 Å². The lowest BCUT2D eigenvalue weighted by atomic mass is 10.0. The first-order chi connectivity index (χ1) is 13.9. The summed E-state index contributed by atoms with van der Waals surface area (Å²) in [5, 5.41) is 0. The summed E-state index contributed by atoms with van der Waals surface area (Å²) in [6.45, 7) is 3.59. The van der Waals surface area contributed by atoms with Gasteiger partial charge in [-0.3, -0.25) is 4.79 Å². The van der Waals surface area contributed by atoms with Crippen molar-refractivity contribution in [1.29, 1.82) is 0 Å². The van der Waals surface area contributed by atoms with E-state index in [0.29, 0.717) is 33.8 Å². The number of rotatable bonds is 3. The molecule has 3 aromatic carbocycles. The normalized spacial score (nSPS) is 13.9. The van der Waals surface area contributed by atoms with Crippen LogP contribution in [0.15, 0.2) is 66.4 Å². The van der Waals surface area contributed by atoms with Crippen molar-refractivity contribution in [2.75, 3.05) is 0 Å². The molecule has 0 amide bonds. The van der Waals surface area contributed by atoms with Crippen molar-refractivity contribution in [2.45, 2.75) is 13.8 Å². The number of benzene rings is 3. The minimum Gasteiger partial charge on any atom is -0.452 e. The minimum atomic E-state index is -0.478. The number of halogens is 1. The fraction of sp³-hybridized carbons (Fsp3) is 0.0833. The Hall–Kier alpha value is -3.73. The highest BCUT2D eigenvalue weighted by molar-refractivity contribution is 6.15. The molecule has 4 nitrogen and oxygen atoms in total. The zero-order valence-corrected chi connectivity index (χ0v) is 15.9. The van der Waals surface area contributed by atoms with E-state index in [1.807, 2.05) is 19.1 Å². The monoisotopic (exact) mass is 388 g/mol. The van der Waals surface area contributed by atoms with Crippen molar-refractivity contribution in [3.8, 4) is 11.5 Å². The van der Waals surface area contributed by atoms with Crippen LogP contribution in [0.1, 0.15) is 37.4 Å². The molecule has 0 radical (unpaired) electrons. The lowest BCUT2D eigenvalue weighted by Gasteiger charge is -2.09. The molecule has 0 aromatic heterocycles. The molecule has 0 spiro atoms. The van der Waals surface area contributed by atoms with E-state index in [4.69, 9.17) is 9.47 Å². The Balaban J connectivity index is 1.62. The van der Waals surface area contributed by atoms with Crippen LogP contribution in [-0.2, 0) is 0 Å². The summed E-state index contributed by atoms with van der Waals surface area (Å²) in [5.41, 5.74) is 2.99. The molecular weight excluding hydrogens is 371 g/mol. The SMILES string of the molecule is Cc1ccccc1C(=O)Oc1cc(C)c2c(c1)O/C(=C\c1ccc(F)cc1)C2=O. The van der Waals surface area contributed by atoms with Gasteiger partial charge in [-0.05, 0) is 60.9 Å². The fourth-order valence-electron chi connectivity index (χ4n) is 3.21. The van der Waals surface area contributed by atoms with Gasteiger partial charge >= 0.3 is 5.97 Å². The summed E-state index contributed by atoms with van der Waals surface area (Å²) in [5.74, 6) is -0.337. The van der Waals surface area contributed by atoms with Crippen LogP contribution in [0.5, 0.6) is 11.5 Å². The number of hydrogen-bond acceptors (Lipinski definition) is 4. The third kappa shape index (κ3) is 3.67. The number of ether oxygens (including phenoxy) is 2. The first-order valence-corrected chi connectivity index (χ1v) is 9.04. The molecule has 0 fully saturated rings. The van der Waals surface area contributed by atoms with E-state index in [9.17, 15) is 14.0 Å². The van der Waals surface area contributed by atoms with Gasteiger partial charge in [0.25, 0.3) is 0 Å². The predicted octanol–water partition coefficient (Wildman–Crippen LogP) is 5.28. The van der Waals surface area contributed by atoms with Crippen LogP contribution >= 0.6 is 0 Å². The Bertz CT molecular complexity index is 1160. The molecule has 1 aliphatic heterocycles. The second-order valence-electron chi connectivity index (χ2n) is 6.81. The zero-order chi connectivity index (χ0) is 20.5. The fourth-order valence-corrected chi connectivity index (χ4v) is 3.21. The molecule has 0 saturated carbocycles. The summed E-state index contributed by atoms with van der Waals surface area (Å²) >= 11 is 0. The van der Waals surface area contributed by atoms with Gasteiger partial charge in [0.05, 0.1) is 11.1 Å². The van der Waals surface area contributed by atoms with E-state index < -0.39 is 5.97 Å². The molecule has 0 unspecified atom stereocenters. The van der Waals surface area contributed by atoms with Gasteiger partial charge in [-0.15, -0.1) is 0 Å². The topological polar surface area (TPSA) is 52.6 Å². The third-order valence-electron chi connectivity index (χ3n) is 4.69. The Morgan fingerprint density at radius 1 is 1.00 bits per heavy atom. The molecule has 0 saturated heterocycles. The Morgan fingerprint density at radius 3 is 2.45 bits per heavy atom. The molecular formula is C24H17FO4. The summed E-state index contributed by atoms with van der Waals surface area (Å²) in [6.07, 6.45) is 1.56. The summed E-state index contributed by atoms with van der Waals surface area (Å²) < 4.78 is 24.3. The maximum atomic E-state index is 13.1. The van der Waals surface area contributed by atoms with Gasteiger partial charge in [0.1, 0.15) is 17.3 Å². The molecule has 0 bridgehead atoms. The van der Waals surface area contributed by atoms with Crippen LogP contribution in [-0.4, -0.2) is 11.8 Å². The molecule has 0 N–H and O–H groups in total. The van der Waals surface area contributed by atoms with Crippen LogP contribution in [0.2, 0.25) is 0 Å². The highest BCUT2D eigenvalue weighted by Crippen LogP contribution is 2.37. The lowest BCUT2D eigenvalue weighted by molar-refractivity contribution is 0.0733. The van der Waals surface area contributed by atoms with Gasteiger partial charge < -0.3 is 9.47 Å². The molecule has 0 atom stereocenters. The highest BCUT2D eigenvalue weighted by Gasteiger charge is 2.30. The average Bonchev–Trinajstić information content (AvgIpc) is 2.99. The molecule has 1 heterocycles. The van der Waals surface area contributed by atoms with Crippen molar-refractivity contribution in [3.63, 3.8) is 0 Å². The quantitative estimate of drug-likeness (QED) is 0.348. The van der Waals surface area contributed by atoms with Gasteiger partial charge in [0.2, 0.25) is 5.78 Å². The first kappa shape index (κ1) is 18.6. The predicted molar refractivity (Wildman–Crippen MR) is 107 cm³/mol. The number of allylic oxidation sites excluding steroid dienone is 1. The van der Waals surface area contributed by atoms with E-state index >= 15 is 0 Å². The number of esters is 1. The Kier molecular flexibility index (Phi) is 4.72. The van der Waals surface area contributed by atoms with Gasteiger partial charge in [0, 0.05) is 6.07 Å². The minimum absolute atomic E-state index is 0.136. The maximum absolute atomic E-state index is 13.1. The molecule has 4 rings (SSSR count).